The average molecular weight is 538 g/mol. The van der Waals surface area contributed by atoms with E-state index in [2.05, 4.69) is 15.0 Å². The van der Waals surface area contributed by atoms with E-state index in [9.17, 15) is 17.6 Å². The van der Waals surface area contributed by atoms with Gasteiger partial charge in [-0.25, -0.2) is 22.5 Å². The van der Waals surface area contributed by atoms with E-state index in [1.165, 1.54) is 23.5 Å². The second kappa shape index (κ2) is 9.61. The molecule has 3 heterocycles. The molecule has 0 bridgehead atoms. The Morgan fingerprint density at radius 3 is 2.80 bits per heavy atom. The summed E-state index contributed by atoms with van der Waals surface area (Å²) in [6.45, 7) is 2.59. The number of carbonyl (C=O) groups is 1. The Kier molecular flexibility index (Phi) is 6.69. The molecule has 2 N–H and O–H groups in total. The molecule has 35 heavy (non-hydrogen) atoms. The van der Waals surface area contributed by atoms with Gasteiger partial charge in [-0.3, -0.25) is 9.79 Å². The summed E-state index contributed by atoms with van der Waals surface area (Å²) in [7, 11) is -3.42. The van der Waals surface area contributed by atoms with Crippen LogP contribution in [-0.4, -0.2) is 54.4 Å². The number of amidine groups is 1. The summed E-state index contributed by atoms with van der Waals surface area (Å²) in [6.07, 6.45) is 3.80. The van der Waals surface area contributed by atoms with Crippen LogP contribution in [0, 0.1) is 5.82 Å². The van der Waals surface area contributed by atoms with Gasteiger partial charge in [0.05, 0.1) is 22.3 Å². The predicted molar refractivity (Wildman–Crippen MR) is 133 cm³/mol. The number of sulfonamides is 1. The van der Waals surface area contributed by atoms with Crippen LogP contribution in [0.15, 0.2) is 46.0 Å². The Morgan fingerprint density at radius 1 is 1.34 bits per heavy atom. The summed E-state index contributed by atoms with van der Waals surface area (Å²) >= 11 is 7.91. The van der Waals surface area contributed by atoms with Gasteiger partial charge in [-0.1, -0.05) is 17.7 Å². The fourth-order valence-electron chi connectivity index (χ4n) is 4.56. The van der Waals surface area contributed by atoms with Crippen LogP contribution in [-0.2, 0) is 21.2 Å². The first kappa shape index (κ1) is 24.4. The minimum Gasteiger partial charge on any atom is -0.352 e. The average Bonchev–Trinajstić information content (AvgIpc) is 3.40. The standard InChI is InChI=1S/C23H25ClFN5O3S2/c1-2-26-23(31)21-18-10-14(29-35(32,33)15-4-5-15)12-30(18)19(11-20-27-7-8-34-20)28-22(21)16-6-3-13(25)9-17(16)24/h3,6-9,14-15,22,29H,2,4-5,10-12H2,1H3,(H,26,31)/t14-,22-/m0/s1. The van der Waals surface area contributed by atoms with Gasteiger partial charge in [0, 0.05) is 53.4 Å². The van der Waals surface area contributed by atoms with Crippen LogP contribution in [0.2, 0.25) is 5.02 Å². The van der Waals surface area contributed by atoms with Crippen molar-refractivity contribution in [1.82, 2.24) is 19.9 Å². The van der Waals surface area contributed by atoms with Crippen LogP contribution in [0.4, 0.5) is 4.39 Å². The van der Waals surface area contributed by atoms with Gasteiger partial charge in [-0.05, 0) is 31.9 Å². The number of hydrogen-bond donors (Lipinski definition) is 2. The van der Waals surface area contributed by atoms with E-state index in [1.807, 2.05) is 17.2 Å². The molecule has 2 aromatic rings. The van der Waals surface area contributed by atoms with Crippen molar-refractivity contribution < 1.29 is 17.6 Å². The van der Waals surface area contributed by atoms with Crippen molar-refractivity contribution in [3.63, 3.8) is 0 Å². The number of fused-ring (bicyclic) bond motifs is 1. The lowest BCUT2D eigenvalue weighted by atomic mass is 9.93. The van der Waals surface area contributed by atoms with E-state index >= 15 is 0 Å². The molecule has 12 heteroatoms. The summed E-state index contributed by atoms with van der Waals surface area (Å²) in [4.78, 5) is 24.5. The number of halogens is 2. The van der Waals surface area contributed by atoms with Gasteiger partial charge in [0.15, 0.2) is 0 Å². The highest BCUT2D eigenvalue weighted by atomic mass is 35.5. The largest absolute Gasteiger partial charge is 0.352 e. The Bertz CT molecular complexity index is 1310. The van der Waals surface area contributed by atoms with Gasteiger partial charge in [0.1, 0.15) is 17.7 Å². The summed E-state index contributed by atoms with van der Waals surface area (Å²) < 4.78 is 42.0. The topological polar surface area (TPSA) is 104 Å². The Labute approximate surface area is 212 Å². The van der Waals surface area contributed by atoms with E-state index in [1.54, 1.807) is 12.3 Å². The first-order chi connectivity index (χ1) is 16.8. The molecular formula is C23H25ClFN5O3S2. The molecule has 2 fully saturated rings. The number of hydrogen-bond acceptors (Lipinski definition) is 7. The van der Waals surface area contributed by atoms with Crippen LogP contribution in [0.1, 0.15) is 42.8 Å². The van der Waals surface area contributed by atoms with Crippen molar-refractivity contribution in [3.8, 4) is 0 Å². The maximum atomic E-state index is 13.8. The molecule has 8 nitrogen and oxygen atoms in total. The molecular weight excluding hydrogens is 513 g/mol. The highest BCUT2D eigenvalue weighted by Gasteiger charge is 2.44. The van der Waals surface area contributed by atoms with Gasteiger partial charge in [-0.15, -0.1) is 11.3 Å². The summed E-state index contributed by atoms with van der Waals surface area (Å²) in [6, 6.07) is 2.90. The zero-order valence-corrected chi connectivity index (χ0v) is 21.4. The molecule has 1 amide bonds. The molecule has 1 aliphatic carbocycles. The molecule has 186 valence electrons. The van der Waals surface area contributed by atoms with Crippen LogP contribution < -0.4 is 10.0 Å². The number of rotatable bonds is 8. The van der Waals surface area contributed by atoms with Gasteiger partial charge >= 0.3 is 0 Å². The van der Waals surface area contributed by atoms with Crippen LogP contribution in [0.3, 0.4) is 0 Å². The molecule has 1 aromatic heterocycles. The summed E-state index contributed by atoms with van der Waals surface area (Å²) in [5, 5.41) is 5.40. The van der Waals surface area contributed by atoms with Gasteiger partial charge < -0.3 is 10.2 Å². The maximum Gasteiger partial charge on any atom is 0.251 e. The van der Waals surface area contributed by atoms with Gasteiger partial charge in [0.2, 0.25) is 10.0 Å². The lowest BCUT2D eigenvalue weighted by Crippen LogP contribution is -2.41. The molecule has 1 saturated heterocycles. The third-order valence-corrected chi connectivity index (χ3v) is 9.39. The molecule has 2 atom stereocenters. The number of benzene rings is 1. The summed E-state index contributed by atoms with van der Waals surface area (Å²) in [5.41, 5.74) is 1.61. The summed E-state index contributed by atoms with van der Waals surface area (Å²) in [5.74, 6) is -0.118. The van der Waals surface area contributed by atoms with E-state index in [4.69, 9.17) is 16.6 Å². The maximum absolute atomic E-state index is 13.8. The minimum atomic E-state index is -3.42. The van der Waals surface area contributed by atoms with Crippen molar-refractivity contribution in [1.29, 1.82) is 0 Å². The van der Waals surface area contributed by atoms with Crippen molar-refractivity contribution >= 4 is 44.7 Å². The third-order valence-electron chi connectivity index (χ3n) is 6.27. The monoisotopic (exact) mass is 537 g/mol. The molecule has 1 saturated carbocycles. The molecule has 2 aliphatic heterocycles. The van der Waals surface area contributed by atoms with E-state index < -0.39 is 27.9 Å². The number of amides is 1. The van der Waals surface area contributed by atoms with Gasteiger partial charge in [0.25, 0.3) is 5.91 Å². The fraction of sp³-hybridized carbons (Fsp3) is 0.435. The number of nitrogens with one attached hydrogen (secondary N) is 2. The number of carbonyl (C=O) groups excluding carboxylic acids is 1. The highest BCUT2D eigenvalue weighted by Crippen LogP contribution is 2.42. The predicted octanol–water partition coefficient (Wildman–Crippen LogP) is 3.18. The smallest absolute Gasteiger partial charge is 0.251 e. The first-order valence-corrected chi connectivity index (χ1v) is 14.3. The molecule has 1 aromatic carbocycles. The van der Waals surface area contributed by atoms with Crippen molar-refractivity contribution in [2.45, 2.75) is 49.9 Å². The van der Waals surface area contributed by atoms with Crippen molar-refractivity contribution in [2.75, 3.05) is 13.1 Å². The van der Waals surface area contributed by atoms with Gasteiger partial charge in [-0.2, -0.15) is 0 Å². The lowest BCUT2D eigenvalue weighted by Gasteiger charge is -2.33. The quantitative estimate of drug-likeness (QED) is 0.538. The van der Waals surface area contributed by atoms with Crippen molar-refractivity contribution in [2.24, 2.45) is 4.99 Å². The minimum absolute atomic E-state index is 0.173. The number of aromatic nitrogens is 1. The molecule has 3 aliphatic rings. The van der Waals surface area contributed by atoms with Crippen LogP contribution in [0.25, 0.3) is 0 Å². The number of aliphatic imine (C=N–C) groups is 1. The zero-order chi connectivity index (χ0) is 24.7. The first-order valence-electron chi connectivity index (χ1n) is 11.5. The molecule has 0 spiro atoms. The fourth-order valence-corrected chi connectivity index (χ4v) is 7.01. The normalized spacial score (nSPS) is 22.3. The highest BCUT2D eigenvalue weighted by molar-refractivity contribution is 7.90. The Balaban J connectivity index is 1.59. The zero-order valence-electron chi connectivity index (χ0n) is 19.0. The van der Waals surface area contributed by atoms with Crippen LogP contribution >= 0.6 is 22.9 Å². The number of thiazole rings is 1. The van der Waals surface area contributed by atoms with E-state index in [0.717, 1.165) is 5.01 Å². The molecule has 5 rings (SSSR count). The molecule has 0 unspecified atom stereocenters. The number of likely N-dealkylation sites (N-methyl/N-ethyl adjacent to an activating group) is 1. The third kappa shape index (κ3) is 5.00. The Hall–Kier alpha value is -2.34. The SMILES string of the molecule is CCNC(=O)C1=C2C[C@H](NS(=O)(=O)C3CC3)CN2C(Cc2nccs2)=N[C@H]1c1ccc(F)cc1Cl. The number of nitrogens with zero attached hydrogens (tertiary/aromatic N) is 3. The lowest BCUT2D eigenvalue weighted by molar-refractivity contribution is -0.117. The Morgan fingerprint density at radius 2 is 2.14 bits per heavy atom. The van der Waals surface area contributed by atoms with E-state index in [-0.39, 0.29) is 16.2 Å². The van der Waals surface area contributed by atoms with Crippen molar-refractivity contribution in [3.05, 3.63) is 62.5 Å². The molecule has 0 radical (unpaired) electrons. The second-order valence-corrected chi connectivity index (χ2v) is 12.2. The van der Waals surface area contributed by atoms with E-state index in [0.29, 0.717) is 61.4 Å². The van der Waals surface area contributed by atoms with Crippen LogP contribution in [0.5, 0.6) is 0 Å². The second-order valence-electron chi connectivity index (χ2n) is 8.81.